The van der Waals surface area contributed by atoms with Gasteiger partial charge in [-0.25, -0.2) is 0 Å². The maximum atomic E-state index is 9.04. The van der Waals surface area contributed by atoms with Crippen molar-refractivity contribution < 1.29 is 19.5 Å². The Balaban J connectivity index is 3.28. The monoisotopic (exact) mass is 260 g/mol. The van der Waals surface area contributed by atoms with Crippen LogP contribution in [0.15, 0.2) is 16.6 Å². The Hall–Kier alpha value is -0.715. The summed E-state index contributed by atoms with van der Waals surface area (Å²) < 4.78 is 10.6. The van der Waals surface area contributed by atoms with E-state index in [-0.39, 0.29) is 0 Å². The Kier molecular flexibility index (Phi) is 3.80. The fraction of sp³-hybridized carbons (Fsp3) is 0.250. The van der Waals surface area contributed by atoms with Crippen LogP contribution in [0.1, 0.15) is 0 Å². The molecule has 1 aromatic carbocycles. The normalized spacial score (nSPS) is 9.79. The van der Waals surface area contributed by atoms with E-state index >= 15 is 0 Å². The first-order chi connectivity index (χ1) is 6.61. The predicted molar refractivity (Wildman–Crippen MR) is 57.1 cm³/mol. The number of halogens is 1. The van der Waals surface area contributed by atoms with Crippen molar-refractivity contribution in [2.45, 2.75) is 0 Å². The summed E-state index contributed by atoms with van der Waals surface area (Å²) in [4.78, 5) is 0. The molecule has 14 heavy (non-hydrogen) atoms. The lowest BCUT2D eigenvalue weighted by molar-refractivity contribution is 0.386. The van der Waals surface area contributed by atoms with Crippen LogP contribution in [0.25, 0.3) is 0 Å². The average Bonchev–Trinajstić information content (AvgIpc) is 2.17. The van der Waals surface area contributed by atoms with Crippen molar-refractivity contribution >= 4 is 28.5 Å². The molecule has 76 valence electrons. The van der Waals surface area contributed by atoms with Crippen LogP contribution in [0, 0.1) is 0 Å². The molecule has 0 spiro atoms. The van der Waals surface area contributed by atoms with Crippen LogP contribution in [0.4, 0.5) is 0 Å². The highest BCUT2D eigenvalue weighted by molar-refractivity contribution is 9.10. The molecule has 0 aliphatic rings. The number of benzene rings is 1. The van der Waals surface area contributed by atoms with E-state index in [4.69, 9.17) is 19.5 Å². The lowest BCUT2D eigenvalue weighted by Crippen LogP contribution is -2.31. The lowest BCUT2D eigenvalue weighted by atomic mass is 9.79. The maximum absolute atomic E-state index is 9.04. The summed E-state index contributed by atoms with van der Waals surface area (Å²) in [6, 6.07) is 3.16. The van der Waals surface area contributed by atoms with Crippen LogP contribution in [0.2, 0.25) is 0 Å². The minimum absolute atomic E-state index is 0.292. The second-order valence-electron chi connectivity index (χ2n) is 2.58. The number of methoxy groups -OCH3 is 2. The Morgan fingerprint density at radius 3 is 2.29 bits per heavy atom. The number of hydrogen-bond acceptors (Lipinski definition) is 4. The van der Waals surface area contributed by atoms with Crippen molar-refractivity contribution in [3.63, 3.8) is 0 Å². The lowest BCUT2D eigenvalue weighted by Gasteiger charge is -2.12. The van der Waals surface area contributed by atoms with Gasteiger partial charge in [0.1, 0.15) is 16.0 Å². The van der Waals surface area contributed by atoms with Gasteiger partial charge in [0.25, 0.3) is 0 Å². The van der Waals surface area contributed by atoms with E-state index in [1.807, 2.05) is 0 Å². The van der Waals surface area contributed by atoms with E-state index in [0.717, 1.165) is 0 Å². The predicted octanol–water partition coefficient (Wildman–Crippen LogP) is 0.146. The largest absolute Gasteiger partial charge is 0.496 e. The minimum atomic E-state index is -1.56. The molecule has 0 unspecified atom stereocenters. The van der Waals surface area contributed by atoms with E-state index in [1.165, 1.54) is 20.3 Å². The Morgan fingerprint density at radius 2 is 1.86 bits per heavy atom. The first-order valence-corrected chi connectivity index (χ1v) is 4.67. The summed E-state index contributed by atoms with van der Waals surface area (Å²) in [6.45, 7) is 0. The van der Waals surface area contributed by atoms with Crippen LogP contribution in [0.5, 0.6) is 11.5 Å². The molecule has 6 heteroatoms. The Morgan fingerprint density at radius 1 is 1.21 bits per heavy atom. The zero-order valence-electron chi connectivity index (χ0n) is 7.82. The molecule has 0 bridgehead atoms. The molecule has 2 N–H and O–H groups in total. The highest BCUT2D eigenvalue weighted by atomic mass is 79.9. The van der Waals surface area contributed by atoms with Crippen molar-refractivity contribution in [2.24, 2.45) is 0 Å². The van der Waals surface area contributed by atoms with Crippen molar-refractivity contribution in [1.29, 1.82) is 0 Å². The van der Waals surface area contributed by atoms with Crippen LogP contribution in [0.3, 0.4) is 0 Å². The quantitative estimate of drug-likeness (QED) is 0.760. The molecule has 0 saturated carbocycles. The van der Waals surface area contributed by atoms with Gasteiger partial charge in [-0.15, -0.1) is 0 Å². The summed E-state index contributed by atoms with van der Waals surface area (Å²) in [5, 5.41) is 18.1. The van der Waals surface area contributed by atoms with Crippen molar-refractivity contribution in [1.82, 2.24) is 0 Å². The van der Waals surface area contributed by atoms with Gasteiger partial charge in [-0.05, 0) is 22.0 Å². The molecule has 0 amide bonds. The van der Waals surface area contributed by atoms with Gasteiger partial charge >= 0.3 is 7.12 Å². The van der Waals surface area contributed by atoms with Crippen molar-refractivity contribution in [3.05, 3.63) is 16.6 Å². The number of ether oxygens (including phenoxy) is 2. The smallest absolute Gasteiger partial charge is 0.492 e. The van der Waals surface area contributed by atoms with Gasteiger partial charge in [0.05, 0.1) is 14.2 Å². The van der Waals surface area contributed by atoms with Gasteiger partial charge in [0.2, 0.25) is 0 Å². The van der Waals surface area contributed by atoms with Gasteiger partial charge in [0, 0.05) is 5.46 Å². The fourth-order valence-corrected chi connectivity index (χ4v) is 1.81. The first kappa shape index (κ1) is 11.4. The SMILES string of the molecule is COc1ccc(B(O)O)c(OC)c1Br. The summed E-state index contributed by atoms with van der Waals surface area (Å²) in [6.07, 6.45) is 0. The van der Waals surface area contributed by atoms with Crippen LogP contribution in [-0.2, 0) is 0 Å². The maximum Gasteiger partial charge on any atom is 0.492 e. The highest BCUT2D eigenvalue weighted by Crippen LogP contribution is 2.32. The van der Waals surface area contributed by atoms with E-state index < -0.39 is 7.12 Å². The van der Waals surface area contributed by atoms with Crippen LogP contribution < -0.4 is 14.9 Å². The molecule has 0 aliphatic carbocycles. The second-order valence-corrected chi connectivity index (χ2v) is 3.37. The molecule has 1 aromatic rings. The van der Waals surface area contributed by atoms with Gasteiger partial charge < -0.3 is 19.5 Å². The summed E-state index contributed by atoms with van der Waals surface area (Å²) in [5.74, 6) is 0.936. The molecule has 0 atom stereocenters. The Bertz CT molecular complexity index is 329. The number of rotatable bonds is 3. The zero-order chi connectivity index (χ0) is 10.7. The molecule has 0 aliphatic heterocycles. The molecule has 0 aromatic heterocycles. The first-order valence-electron chi connectivity index (χ1n) is 3.88. The van der Waals surface area contributed by atoms with Gasteiger partial charge in [-0.2, -0.15) is 0 Å². The summed E-state index contributed by atoms with van der Waals surface area (Å²) >= 11 is 3.25. The summed E-state index contributed by atoms with van der Waals surface area (Å²) in [5.41, 5.74) is 0.292. The van der Waals surface area contributed by atoms with E-state index in [1.54, 1.807) is 6.07 Å². The minimum Gasteiger partial charge on any atom is -0.496 e. The van der Waals surface area contributed by atoms with Crippen molar-refractivity contribution in [3.8, 4) is 11.5 Å². The third-order valence-electron chi connectivity index (χ3n) is 1.79. The molecule has 0 fully saturated rings. The molecular formula is C8H10BBrO4. The van der Waals surface area contributed by atoms with Gasteiger partial charge in [-0.1, -0.05) is 6.07 Å². The van der Waals surface area contributed by atoms with Crippen LogP contribution in [-0.4, -0.2) is 31.4 Å². The van der Waals surface area contributed by atoms with E-state index in [2.05, 4.69) is 15.9 Å². The third kappa shape index (κ3) is 2.02. The zero-order valence-corrected chi connectivity index (χ0v) is 9.41. The molecule has 0 saturated heterocycles. The van der Waals surface area contributed by atoms with Crippen LogP contribution >= 0.6 is 15.9 Å². The van der Waals surface area contributed by atoms with Gasteiger partial charge in [-0.3, -0.25) is 0 Å². The van der Waals surface area contributed by atoms with E-state index in [0.29, 0.717) is 21.4 Å². The molecule has 1 rings (SSSR count). The molecule has 4 nitrogen and oxygen atoms in total. The topological polar surface area (TPSA) is 58.9 Å². The second kappa shape index (κ2) is 4.68. The third-order valence-corrected chi connectivity index (χ3v) is 2.55. The standard InChI is InChI=1S/C8H10BBrO4/c1-13-6-4-3-5(9(11)12)8(14-2)7(6)10/h3-4,11-12H,1-2H3. The number of hydrogen-bond donors (Lipinski definition) is 2. The van der Waals surface area contributed by atoms with Crippen molar-refractivity contribution in [2.75, 3.05) is 14.2 Å². The molecule has 0 heterocycles. The Labute approximate surface area is 90.7 Å². The van der Waals surface area contributed by atoms with E-state index in [9.17, 15) is 0 Å². The molecule has 0 radical (unpaired) electrons. The average molecular weight is 261 g/mol. The highest BCUT2D eigenvalue weighted by Gasteiger charge is 2.21. The fourth-order valence-electron chi connectivity index (χ4n) is 1.12. The van der Waals surface area contributed by atoms with Gasteiger partial charge in [0.15, 0.2) is 0 Å². The molecular weight excluding hydrogens is 251 g/mol. The summed E-state index contributed by atoms with van der Waals surface area (Å²) in [7, 11) is 1.41.